The fourth-order valence-electron chi connectivity index (χ4n) is 9.29. The zero-order valence-electron chi connectivity index (χ0n) is 33.1. The minimum absolute atomic E-state index is 0.107. The Morgan fingerprint density at radius 1 is 0.339 bits per heavy atom. The van der Waals surface area contributed by atoms with E-state index in [1.165, 1.54) is 55.6 Å². The first-order chi connectivity index (χ1) is 29.0. The second-order valence-corrected chi connectivity index (χ2v) is 16.1. The first-order valence-corrected chi connectivity index (χ1v) is 20.4. The molecule has 1 aromatic heterocycles. The van der Waals surface area contributed by atoms with E-state index in [1.54, 1.807) is 0 Å². The average Bonchev–Trinajstić information content (AvgIpc) is 3.79. The van der Waals surface area contributed by atoms with Gasteiger partial charge < -0.3 is 9.32 Å². The van der Waals surface area contributed by atoms with E-state index in [2.05, 4.69) is 219 Å². The van der Waals surface area contributed by atoms with Crippen LogP contribution in [-0.2, 0) is 5.41 Å². The van der Waals surface area contributed by atoms with Gasteiger partial charge in [0, 0.05) is 38.8 Å². The molecule has 10 aromatic rings. The molecule has 0 aliphatic heterocycles. The fraction of sp³-hybridized carbons (Fsp3) is 0.0526. The molecule has 2 heteroatoms. The standard InChI is InChI=1S/C57H41NO/c1-57(2)53-21-10-8-17-49(53)50-36-35-45(37-54(50)57)58(44-33-29-41(30-34-44)47-16-7-6-15-46(47)40-13-4-3-5-14-40)43-31-27-39(28-32-43)38-23-25-42(26-24-38)48-19-12-20-52-51-18-9-11-22-55(51)59-56(48)52/h3-37H,1-2H3. The summed E-state index contributed by atoms with van der Waals surface area (Å²) in [5, 5.41) is 2.29. The lowest BCUT2D eigenvalue weighted by Crippen LogP contribution is -2.16. The predicted molar refractivity (Wildman–Crippen MR) is 248 cm³/mol. The summed E-state index contributed by atoms with van der Waals surface area (Å²) in [6, 6.07) is 76.8. The van der Waals surface area contributed by atoms with E-state index in [0.29, 0.717) is 0 Å². The molecule has 0 spiro atoms. The Kier molecular flexibility index (Phi) is 8.20. The van der Waals surface area contributed by atoms with Crippen molar-refractivity contribution in [2.45, 2.75) is 19.3 Å². The molecular formula is C57H41NO. The Hall–Kier alpha value is -7.42. The van der Waals surface area contributed by atoms with Gasteiger partial charge in [-0.2, -0.15) is 0 Å². The Labute approximate surface area is 345 Å². The maximum absolute atomic E-state index is 6.36. The molecule has 0 unspecified atom stereocenters. The van der Waals surface area contributed by atoms with Crippen molar-refractivity contribution in [2.75, 3.05) is 4.90 Å². The zero-order valence-corrected chi connectivity index (χ0v) is 33.1. The summed E-state index contributed by atoms with van der Waals surface area (Å²) in [4.78, 5) is 2.40. The van der Waals surface area contributed by atoms with Gasteiger partial charge in [0.2, 0.25) is 0 Å². The number of para-hydroxylation sites is 2. The topological polar surface area (TPSA) is 16.4 Å². The summed E-state index contributed by atoms with van der Waals surface area (Å²) < 4.78 is 6.36. The van der Waals surface area contributed by atoms with Gasteiger partial charge in [-0.1, -0.05) is 184 Å². The SMILES string of the molecule is CC1(C)c2ccccc2-c2ccc(N(c3ccc(-c4ccc(-c5cccc6c5oc5ccccc56)cc4)cc3)c3ccc(-c4ccccc4-c4ccccc4)cc3)cc21. The summed E-state index contributed by atoms with van der Waals surface area (Å²) in [5.74, 6) is 0. The maximum Gasteiger partial charge on any atom is 0.143 e. The number of hydrogen-bond donors (Lipinski definition) is 0. The van der Waals surface area contributed by atoms with Crippen molar-refractivity contribution in [3.63, 3.8) is 0 Å². The van der Waals surface area contributed by atoms with E-state index in [1.807, 2.05) is 12.1 Å². The molecule has 0 fully saturated rings. The van der Waals surface area contributed by atoms with E-state index in [4.69, 9.17) is 4.42 Å². The molecule has 0 saturated carbocycles. The van der Waals surface area contributed by atoms with Gasteiger partial charge in [0.15, 0.2) is 0 Å². The van der Waals surface area contributed by atoms with E-state index >= 15 is 0 Å². The molecule has 0 atom stereocenters. The minimum atomic E-state index is -0.107. The number of anilines is 3. The van der Waals surface area contributed by atoms with Crippen LogP contribution in [-0.4, -0.2) is 0 Å². The highest BCUT2D eigenvalue weighted by Crippen LogP contribution is 2.51. The summed E-state index contributed by atoms with van der Waals surface area (Å²) >= 11 is 0. The van der Waals surface area contributed by atoms with E-state index in [-0.39, 0.29) is 5.41 Å². The first kappa shape index (κ1) is 34.8. The molecule has 1 heterocycles. The van der Waals surface area contributed by atoms with Crippen LogP contribution in [0.15, 0.2) is 217 Å². The van der Waals surface area contributed by atoms with Crippen molar-refractivity contribution in [1.82, 2.24) is 0 Å². The molecule has 2 nitrogen and oxygen atoms in total. The lowest BCUT2D eigenvalue weighted by Gasteiger charge is -2.28. The van der Waals surface area contributed by atoms with Crippen LogP contribution in [0.1, 0.15) is 25.0 Å². The minimum Gasteiger partial charge on any atom is -0.455 e. The van der Waals surface area contributed by atoms with Crippen LogP contribution in [0.25, 0.3) is 77.6 Å². The summed E-state index contributed by atoms with van der Waals surface area (Å²) in [6.45, 7) is 4.70. The van der Waals surface area contributed by atoms with Crippen LogP contribution in [0, 0.1) is 0 Å². The molecule has 0 radical (unpaired) electrons. The van der Waals surface area contributed by atoms with Gasteiger partial charge in [-0.3, -0.25) is 0 Å². The maximum atomic E-state index is 6.36. The number of furan rings is 1. The molecule has 59 heavy (non-hydrogen) atoms. The van der Waals surface area contributed by atoms with Crippen molar-refractivity contribution in [1.29, 1.82) is 0 Å². The third kappa shape index (κ3) is 5.87. The number of fused-ring (bicyclic) bond motifs is 6. The molecule has 280 valence electrons. The zero-order chi connectivity index (χ0) is 39.5. The molecule has 0 bridgehead atoms. The fourth-order valence-corrected chi connectivity index (χ4v) is 9.29. The second-order valence-electron chi connectivity index (χ2n) is 16.1. The average molecular weight is 756 g/mol. The molecular weight excluding hydrogens is 715 g/mol. The van der Waals surface area contributed by atoms with Crippen LogP contribution >= 0.6 is 0 Å². The molecule has 9 aromatic carbocycles. The number of hydrogen-bond acceptors (Lipinski definition) is 2. The van der Waals surface area contributed by atoms with Crippen LogP contribution in [0.2, 0.25) is 0 Å². The largest absolute Gasteiger partial charge is 0.455 e. The number of nitrogens with zero attached hydrogens (tertiary/aromatic N) is 1. The molecule has 0 N–H and O–H groups in total. The molecule has 1 aliphatic rings. The molecule has 0 amide bonds. The van der Waals surface area contributed by atoms with Crippen LogP contribution in [0.4, 0.5) is 17.1 Å². The van der Waals surface area contributed by atoms with Crippen LogP contribution in [0.5, 0.6) is 0 Å². The summed E-state index contributed by atoms with van der Waals surface area (Å²) in [7, 11) is 0. The van der Waals surface area contributed by atoms with E-state index in [9.17, 15) is 0 Å². The van der Waals surface area contributed by atoms with Crippen molar-refractivity contribution >= 4 is 39.0 Å². The second kappa shape index (κ2) is 13.9. The highest BCUT2D eigenvalue weighted by Gasteiger charge is 2.35. The van der Waals surface area contributed by atoms with Crippen LogP contribution in [0.3, 0.4) is 0 Å². The van der Waals surface area contributed by atoms with Gasteiger partial charge >= 0.3 is 0 Å². The van der Waals surface area contributed by atoms with Gasteiger partial charge in [-0.25, -0.2) is 0 Å². The van der Waals surface area contributed by atoms with Gasteiger partial charge in [-0.15, -0.1) is 0 Å². The van der Waals surface area contributed by atoms with Crippen molar-refractivity contribution in [3.05, 3.63) is 223 Å². The first-order valence-electron chi connectivity index (χ1n) is 20.4. The summed E-state index contributed by atoms with van der Waals surface area (Å²) in [5.41, 5.74) is 19.9. The van der Waals surface area contributed by atoms with E-state index in [0.717, 1.165) is 50.1 Å². The Balaban J connectivity index is 0.962. The van der Waals surface area contributed by atoms with Crippen molar-refractivity contribution in [2.24, 2.45) is 0 Å². The monoisotopic (exact) mass is 755 g/mol. The Morgan fingerprint density at radius 2 is 0.814 bits per heavy atom. The van der Waals surface area contributed by atoms with Gasteiger partial charge in [-0.05, 0) is 104 Å². The normalized spacial score (nSPS) is 12.7. The lowest BCUT2D eigenvalue weighted by atomic mass is 9.82. The van der Waals surface area contributed by atoms with Gasteiger partial charge in [0.25, 0.3) is 0 Å². The smallest absolute Gasteiger partial charge is 0.143 e. The number of benzene rings is 9. The Morgan fingerprint density at radius 3 is 1.53 bits per heavy atom. The molecule has 0 saturated heterocycles. The van der Waals surface area contributed by atoms with Gasteiger partial charge in [0.1, 0.15) is 11.2 Å². The van der Waals surface area contributed by atoms with Crippen molar-refractivity contribution < 1.29 is 4.42 Å². The number of rotatable bonds is 7. The van der Waals surface area contributed by atoms with Crippen molar-refractivity contribution in [3.8, 4) is 55.6 Å². The molecule has 11 rings (SSSR count). The summed E-state index contributed by atoms with van der Waals surface area (Å²) in [6.07, 6.45) is 0. The molecule has 1 aliphatic carbocycles. The van der Waals surface area contributed by atoms with E-state index < -0.39 is 0 Å². The predicted octanol–water partition coefficient (Wildman–Crippen LogP) is 16.0. The quantitative estimate of drug-likeness (QED) is 0.161. The Bertz CT molecular complexity index is 3150. The third-order valence-electron chi connectivity index (χ3n) is 12.3. The van der Waals surface area contributed by atoms with Crippen LogP contribution < -0.4 is 4.90 Å². The lowest BCUT2D eigenvalue weighted by molar-refractivity contribution is 0.660. The highest BCUT2D eigenvalue weighted by molar-refractivity contribution is 6.09. The highest BCUT2D eigenvalue weighted by atomic mass is 16.3. The third-order valence-corrected chi connectivity index (χ3v) is 12.3. The van der Waals surface area contributed by atoms with Gasteiger partial charge in [0.05, 0.1) is 0 Å².